The van der Waals surface area contributed by atoms with Crippen LogP contribution in [0, 0.1) is 0 Å². The smallest absolute Gasteiger partial charge is 0.153 e. The van der Waals surface area contributed by atoms with E-state index in [0.29, 0.717) is 23.8 Å². The average Bonchev–Trinajstić information content (AvgIpc) is 2.85. The van der Waals surface area contributed by atoms with Crippen LogP contribution in [0.1, 0.15) is 29.8 Å². The number of hydrogen-bond acceptors (Lipinski definition) is 3. The number of hydrogen-bond donors (Lipinski definition) is 3. The van der Waals surface area contributed by atoms with Crippen LogP contribution < -0.4 is 0 Å². The van der Waals surface area contributed by atoms with Crippen LogP contribution in [0.5, 0.6) is 11.5 Å². The summed E-state index contributed by atoms with van der Waals surface area (Å²) < 4.78 is 0. The Bertz CT molecular complexity index is 915. The molecule has 3 rings (SSSR count). The van der Waals surface area contributed by atoms with E-state index in [4.69, 9.17) is 0 Å². The summed E-state index contributed by atoms with van der Waals surface area (Å²) in [4.78, 5) is 14.4. The van der Waals surface area contributed by atoms with Gasteiger partial charge in [-0.3, -0.25) is 4.79 Å². The molecule has 0 amide bonds. The highest BCUT2D eigenvalue weighted by Crippen LogP contribution is 2.37. The van der Waals surface area contributed by atoms with E-state index < -0.39 is 0 Å². The molecule has 4 heteroatoms. The van der Waals surface area contributed by atoms with Gasteiger partial charge in [0.05, 0.1) is 16.6 Å². The van der Waals surface area contributed by atoms with Gasteiger partial charge in [-0.1, -0.05) is 23.8 Å². The summed E-state index contributed by atoms with van der Waals surface area (Å²) in [5.74, 6) is 0.139. The van der Waals surface area contributed by atoms with Crippen molar-refractivity contribution in [2.24, 2.45) is 0 Å². The first-order valence-corrected chi connectivity index (χ1v) is 7.09. The third-order valence-corrected chi connectivity index (χ3v) is 3.85. The SMILES string of the molecule is CC(C)=CCc1c(O)c(C=O)cc2c1[nH]c1c(O)cccc12. The number of carbonyl (C=O) groups excluding carboxylic acids is 1. The molecule has 0 spiro atoms. The van der Waals surface area contributed by atoms with Crippen molar-refractivity contribution in [1.29, 1.82) is 0 Å². The van der Waals surface area contributed by atoms with Crippen molar-refractivity contribution in [2.45, 2.75) is 20.3 Å². The number of aromatic amines is 1. The van der Waals surface area contributed by atoms with Gasteiger partial charge < -0.3 is 15.2 Å². The Labute approximate surface area is 127 Å². The second-order valence-corrected chi connectivity index (χ2v) is 5.64. The maximum Gasteiger partial charge on any atom is 0.153 e. The number of benzene rings is 2. The topological polar surface area (TPSA) is 73.3 Å². The van der Waals surface area contributed by atoms with E-state index in [1.165, 1.54) is 0 Å². The Morgan fingerprint density at radius 2 is 1.95 bits per heavy atom. The minimum absolute atomic E-state index is 0.00829. The lowest BCUT2D eigenvalue weighted by Gasteiger charge is -2.07. The van der Waals surface area contributed by atoms with Crippen LogP contribution in [-0.2, 0) is 6.42 Å². The number of allylic oxidation sites excluding steroid dienone is 2. The number of phenols is 2. The van der Waals surface area contributed by atoms with Crippen LogP contribution in [0.2, 0.25) is 0 Å². The molecule has 0 bridgehead atoms. The van der Waals surface area contributed by atoms with Crippen molar-refractivity contribution in [3.63, 3.8) is 0 Å². The minimum atomic E-state index is -0.00829. The zero-order valence-corrected chi connectivity index (χ0v) is 12.5. The molecule has 3 N–H and O–H groups in total. The van der Waals surface area contributed by atoms with Gasteiger partial charge in [0.25, 0.3) is 0 Å². The first-order valence-electron chi connectivity index (χ1n) is 7.09. The highest BCUT2D eigenvalue weighted by Gasteiger charge is 2.16. The quantitative estimate of drug-likeness (QED) is 0.504. The Hall–Kier alpha value is -2.75. The standard InChI is InChI=1S/C18H17NO3/c1-10(2)6-7-13-16-14(8-11(9-20)18(13)22)12-4-3-5-15(21)17(12)19-16/h3-6,8-9,19,21-22H,7H2,1-2H3. The number of H-pyrrole nitrogens is 1. The largest absolute Gasteiger partial charge is 0.507 e. The van der Waals surface area contributed by atoms with Crippen LogP contribution in [0.25, 0.3) is 21.8 Å². The number of para-hydroxylation sites is 1. The molecule has 22 heavy (non-hydrogen) atoms. The van der Waals surface area contributed by atoms with Crippen molar-refractivity contribution in [3.8, 4) is 11.5 Å². The minimum Gasteiger partial charge on any atom is -0.507 e. The van der Waals surface area contributed by atoms with Crippen molar-refractivity contribution >= 4 is 28.1 Å². The second kappa shape index (κ2) is 5.22. The fourth-order valence-electron chi connectivity index (χ4n) is 2.72. The number of aldehydes is 1. The Morgan fingerprint density at radius 3 is 2.64 bits per heavy atom. The molecule has 0 radical (unpaired) electrons. The third-order valence-electron chi connectivity index (χ3n) is 3.85. The number of rotatable bonds is 3. The molecular formula is C18H17NO3. The number of fused-ring (bicyclic) bond motifs is 3. The molecule has 0 aliphatic heterocycles. The van der Waals surface area contributed by atoms with Crippen molar-refractivity contribution in [1.82, 2.24) is 4.98 Å². The summed E-state index contributed by atoms with van der Waals surface area (Å²) in [6.07, 6.45) is 3.16. The number of aromatic nitrogens is 1. The Kier molecular flexibility index (Phi) is 3.37. The third kappa shape index (κ3) is 2.13. The van der Waals surface area contributed by atoms with Crippen molar-refractivity contribution in [3.05, 3.63) is 47.0 Å². The lowest BCUT2D eigenvalue weighted by Crippen LogP contribution is -1.91. The van der Waals surface area contributed by atoms with Gasteiger partial charge in [-0.25, -0.2) is 0 Å². The van der Waals surface area contributed by atoms with Crippen LogP contribution in [-0.4, -0.2) is 21.5 Å². The van der Waals surface area contributed by atoms with Crippen LogP contribution in [0.3, 0.4) is 0 Å². The Balaban J connectivity index is 2.42. The molecule has 3 aromatic rings. The van der Waals surface area contributed by atoms with E-state index in [1.807, 2.05) is 26.0 Å². The van der Waals surface area contributed by atoms with E-state index in [9.17, 15) is 15.0 Å². The number of phenolic OH excluding ortho intramolecular Hbond substituents is 2. The molecule has 0 aliphatic rings. The summed E-state index contributed by atoms with van der Waals surface area (Å²) in [6, 6.07) is 6.90. The van der Waals surface area contributed by atoms with E-state index in [1.54, 1.807) is 18.2 Å². The zero-order valence-electron chi connectivity index (χ0n) is 12.5. The monoisotopic (exact) mass is 295 g/mol. The summed E-state index contributed by atoms with van der Waals surface area (Å²) >= 11 is 0. The van der Waals surface area contributed by atoms with Gasteiger partial charge in [0.1, 0.15) is 11.5 Å². The highest BCUT2D eigenvalue weighted by molar-refractivity contribution is 6.12. The lowest BCUT2D eigenvalue weighted by atomic mass is 10.0. The summed E-state index contributed by atoms with van der Waals surface area (Å²) in [5, 5.41) is 22.0. The Morgan fingerprint density at radius 1 is 1.18 bits per heavy atom. The molecule has 1 heterocycles. The molecule has 1 aromatic heterocycles. The number of aromatic hydroxyl groups is 2. The summed E-state index contributed by atoms with van der Waals surface area (Å²) in [7, 11) is 0. The van der Waals surface area contributed by atoms with Gasteiger partial charge in [-0.2, -0.15) is 0 Å². The molecule has 0 aliphatic carbocycles. The maximum atomic E-state index is 11.3. The highest BCUT2D eigenvalue weighted by atomic mass is 16.3. The van der Waals surface area contributed by atoms with Crippen molar-refractivity contribution in [2.75, 3.05) is 0 Å². The number of nitrogens with one attached hydrogen (secondary N) is 1. The predicted octanol–water partition coefficient (Wildman–Crippen LogP) is 4.05. The molecule has 4 nitrogen and oxygen atoms in total. The molecule has 0 saturated heterocycles. The zero-order chi connectivity index (χ0) is 15.9. The fourth-order valence-corrected chi connectivity index (χ4v) is 2.72. The molecule has 112 valence electrons. The summed E-state index contributed by atoms with van der Waals surface area (Å²) in [6.45, 7) is 3.96. The van der Waals surface area contributed by atoms with Gasteiger partial charge in [-0.05, 0) is 32.4 Å². The first kappa shape index (κ1) is 14.2. The van der Waals surface area contributed by atoms with E-state index in [2.05, 4.69) is 4.98 Å². The maximum absolute atomic E-state index is 11.3. The molecule has 0 atom stereocenters. The molecule has 0 fully saturated rings. The first-order chi connectivity index (χ1) is 10.5. The van der Waals surface area contributed by atoms with Gasteiger partial charge in [0, 0.05) is 16.3 Å². The van der Waals surface area contributed by atoms with E-state index in [-0.39, 0.29) is 17.1 Å². The number of carbonyl (C=O) groups is 1. The lowest BCUT2D eigenvalue weighted by molar-refractivity contribution is 0.112. The van der Waals surface area contributed by atoms with Gasteiger partial charge >= 0.3 is 0 Å². The van der Waals surface area contributed by atoms with E-state index in [0.717, 1.165) is 21.9 Å². The van der Waals surface area contributed by atoms with Crippen LogP contribution in [0.4, 0.5) is 0 Å². The molecule has 2 aromatic carbocycles. The normalized spacial score (nSPS) is 11.0. The molecular weight excluding hydrogens is 278 g/mol. The van der Waals surface area contributed by atoms with Crippen LogP contribution in [0.15, 0.2) is 35.9 Å². The fraction of sp³-hybridized carbons (Fsp3) is 0.167. The van der Waals surface area contributed by atoms with Gasteiger partial charge in [-0.15, -0.1) is 0 Å². The van der Waals surface area contributed by atoms with Crippen molar-refractivity contribution < 1.29 is 15.0 Å². The molecule has 0 saturated carbocycles. The molecule has 0 unspecified atom stereocenters. The van der Waals surface area contributed by atoms with Crippen LogP contribution >= 0.6 is 0 Å². The van der Waals surface area contributed by atoms with Gasteiger partial charge in [0.15, 0.2) is 6.29 Å². The predicted molar refractivity (Wildman–Crippen MR) is 87.7 cm³/mol. The summed E-state index contributed by atoms with van der Waals surface area (Å²) in [5.41, 5.74) is 3.41. The average molecular weight is 295 g/mol. The van der Waals surface area contributed by atoms with Gasteiger partial charge in [0.2, 0.25) is 0 Å². The van der Waals surface area contributed by atoms with E-state index >= 15 is 0 Å². The second-order valence-electron chi connectivity index (χ2n) is 5.64.